The zero-order valence-corrected chi connectivity index (χ0v) is 30.1. The van der Waals surface area contributed by atoms with Gasteiger partial charge in [0.2, 0.25) is 5.88 Å². The van der Waals surface area contributed by atoms with Crippen LogP contribution in [0.25, 0.3) is 32.9 Å². The molecule has 0 saturated carbocycles. The first-order chi connectivity index (χ1) is 25.0. The molecule has 0 N–H and O–H groups in total. The van der Waals surface area contributed by atoms with Gasteiger partial charge in [-0.05, 0) is 77.8 Å². The highest BCUT2D eigenvalue weighted by Gasteiger charge is 2.54. The summed E-state index contributed by atoms with van der Waals surface area (Å²) in [7, 11) is 0. The van der Waals surface area contributed by atoms with Crippen LogP contribution in [-0.2, 0) is 4.74 Å². The molecule has 268 valence electrons. The molecule has 5 aliphatic rings. The predicted molar refractivity (Wildman–Crippen MR) is 197 cm³/mol. The Hall–Kier alpha value is -4.95. The number of hydrogen-bond donors (Lipinski definition) is 0. The van der Waals surface area contributed by atoms with Gasteiger partial charge in [0.25, 0.3) is 0 Å². The van der Waals surface area contributed by atoms with Gasteiger partial charge in [-0.25, -0.2) is 14.2 Å². The van der Waals surface area contributed by atoms with E-state index in [0.29, 0.717) is 35.5 Å². The third-order valence-electron chi connectivity index (χ3n) is 11.8. The summed E-state index contributed by atoms with van der Waals surface area (Å²) in [6.07, 6.45) is 9.66. The van der Waals surface area contributed by atoms with E-state index in [2.05, 4.69) is 22.3 Å². The summed E-state index contributed by atoms with van der Waals surface area (Å²) in [5.74, 6) is 2.88. The van der Waals surface area contributed by atoms with Crippen molar-refractivity contribution < 1.29 is 23.4 Å². The van der Waals surface area contributed by atoms with Gasteiger partial charge in [-0.2, -0.15) is 9.97 Å². The minimum absolute atomic E-state index is 0.0657. The number of carbonyl (C=O) groups excluding carboxylic acids is 1. The van der Waals surface area contributed by atoms with Gasteiger partial charge in [-0.3, -0.25) is 9.80 Å². The average Bonchev–Trinajstić information content (AvgIpc) is 3.75. The van der Waals surface area contributed by atoms with E-state index in [-0.39, 0.29) is 52.9 Å². The Morgan fingerprint density at radius 3 is 2.73 bits per heavy atom. The van der Waals surface area contributed by atoms with E-state index < -0.39 is 17.5 Å². The van der Waals surface area contributed by atoms with Crippen LogP contribution in [0.4, 0.5) is 15.0 Å². The number of piperazine rings is 1. The van der Waals surface area contributed by atoms with Gasteiger partial charge < -0.3 is 19.1 Å². The lowest BCUT2D eigenvalue weighted by Gasteiger charge is -2.48. The van der Waals surface area contributed by atoms with Crippen molar-refractivity contribution in [1.82, 2.24) is 24.8 Å². The number of benzene rings is 2. The lowest BCUT2D eigenvalue weighted by Crippen LogP contribution is -2.65. The predicted octanol–water partition coefficient (Wildman–Crippen LogP) is 6.88. The van der Waals surface area contributed by atoms with Crippen molar-refractivity contribution in [2.24, 2.45) is 0 Å². The summed E-state index contributed by atoms with van der Waals surface area (Å²) in [6, 6.07) is 10.8. The largest absolute Gasteiger partial charge is 0.472 e. The van der Waals surface area contributed by atoms with Crippen LogP contribution >= 0.6 is 0 Å². The number of fused-ring (bicyclic) bond motifs is 7. The van der Waals surface area contributed by atoms with Crippen LogP contribution in [0, 0.1) is 18.2 Å². The molecular formula is C41H43FN6O4. The molecule has 2 aromatic carbocycles. The zero-order chi connectivity index (χ0) is 36.1. The molecule has 4 saturated heterocycles. The minimum atomic E-state index is -0.641. The molecule has 2 aromatic heterocycles. The highest BCUT2D eigenvalue weighted by molar-refractivity contribution is 6.03. The van der Waals surface area contributed by atoms with Gasteiger partial charge in [-0.15, -0.1) is 6.42 Å². The fourth-order valence-electron chi connectivity index (χ4n) is 9.53. The molecular weight excluding hydrogens is 659 g/mol. The van der Waals surface area contributed by atoms with Gasteiger partial charge in [0.05, 0.1) is 23.7 Å². The molecule has 1 amide bonds. The number of ether oxygens (including phenoxy) is 3. The van der Waals surface area contributed by atoms with Crippen LogP contribution in [0.15, 0.2) is 48.6 Å². The molecule has 7 heterocycles. The summed E-state index contributed by atoms with van der Waals surface area (Å²) >= 11 is 0. The third-order valence-corrected chi connectivity index (χ3v) is 11.8. The van der Waals surface area contributed by atoms with Crippen LogP contribution in [0.2, 0.25) is 0 Å². The highest BCUT2D eigenvalue weighted by Crippen LogP contribution is 2.48. The number of hydrogen-bond acceptors (Lipinski definition) is 9. The van der Waals surface area contributed by atoms with E-state index in [0.717, 1.165) is 61.5 Å². The maximum absolute atomic E-state index is 17.4. The quantitative estimate of drug-likeness (QED) is 0.167. The summed E-state index contributed by atoms with van der Waals surface area (Å²) < 4.78 is 36.5. The van der Waals surface area contributed by atoms with Gasteiger partial charge in [0.15, 0.2) is 5.82 Å². The molecule has 0 spiro atoms. The SMILES string of the molecule is C#Cc1cccc2cccc(-c3nc4c5c(nc(OC[C@@]67CCCN6CCC7=C)nc5c3F)N3C[C@H]5CC[C@@H]([C@H]3[C@H](C)O4)N5C(=O)OC(C)(C)C)c12. The molecule has 9 rings (SSSR count). The number of carbonyl (C=O) groups is 1. The molecule has 2 bridgehead atoms. The van der Waals surface area contributed by atoms with E-state index >= 15 is 4.39 Å². The second-order valence-electron chi connectivity index (χ2n) is 15.9. The van der Waals surface area contributed by atoms with Crippen LogP contribution in [0.3, 0.4) is 0 Å². The van der Waals surface area contributed by atoms with Crippen LogP contribution in [0.1, 0.15) is 65.4 Å². The van der Waals surface area contributed by atoms with Gasteiger partial charge in [-0.1, -0.05) is 48.4 Å². The second-order valence-corrected chi connectivity index (χ2v) is 15.9. The molecule has 10 nitrogen and oxygen atoms in total. The number of pyridine rings is 1. The summed E-state index contributed by atoms with van der Waals surface area (Å²) in [4.78, 5) is 34.9. The van der Waals surface area contributed by atoms with E-state index in [4.69, 9.17) is 35.6 Å². The number of halogens is 1. The molecule has 0 aliphatic carbocycles. The number of amides is 1. The van der Waals surface area contributed by atoms with Crippen molar-refractivity contribution in [2.45, 2.75) is 95.2 Å². The normalized spacial score (nSPS) is 26.6. The van der Waals surface area contributed by atoms with Gasteiger partial charge >= 0.3 is 12.1 Å². The van der Waals surface area contributed by atoms with Crippen molar-refractivity contribution in [2.75, 3.05) is 31.1 Å². The fourth-order valence-corrected chi connectivity index (χ4v) is 9.53. The average molecular weight is 703 g/mol. The number of terminal acetylenes is 1. The number of nitrogens with zero attached hydrogens (tertiary/aromatic N) is 6. The van der Waals surface area contributed by atoms with Crippen molar-refractivity contribution in [3.63, 3.8) is 0 Å². The Balaban J connectivity index is 1.22. The molecule has 0 radical (unpaired) electrons. The highest BCUT2D eigenvalue weighted by atomic mass is 19.1. The Morgan fingerprint density at radius 2 is 1.94 bits per heavy atom. The van der Waals surface area contributed by atoms with E-state index in [1.165, 1.54) is 0 Å². The Kier molecular flexibility index (Phi) is 7.46. The first-order valence-corrected chi connectivity index (χ1v) is 18.4. The summed E-state index contributed by atoms with van der Waals surface area (Å²) in [5, 5.41) is 1.98. The van der Waals surface area contributed by atoms with Crippen molar-refractivity contribution in [3.05, 3.63) is 59.9 Å². The number of aromatic nitrogens is 3. The van der Waals surface area contributed by atoms with Crippen molar-refractivity contribution >= 4 is 33.6 Å². The van der Waals surface area contributed by atoms with Crippen molar-refractivity contribution in [3.8, 4) is 35.5 Å². The molecule has 4 fully saturated rings. The smallest absolute Gasteiger partial charge is 0.410 e. The Bertz CT molecular complexity index is 2210. The molecule has 11 heteroatoms. The first kappa shape index (κ1) is 32.9. The van der Waals surface area contributed by atoms with E-state index in [1.54, 1.807) is 0 Å². The lowest BCUT2D eigenvalue weighted by atomic mass is 9.91. The minimum Gasteiger partial charge on any atom is -0.472 e. The molecule has 5 aliphatic heterocycles. The first-order valence-electron chi connectivity index (χ1n) is 18.4. The molecule has 5 atom stereocenters. The molecule has 52 heavy (non-hydrogen) atoms. The van der Waals surface area contributed by atoms with Crippen molar-refractivity contribution in [1.29, 1.82) is 0 Å². The molecule has 0 unspecified atom stereocenters. The van der Waals surface area contributed by atoms with Gasteiger partial charge in [0.1, 0.15) is 40.7 Å². The molecule has 4 aromatic rings. The summed E-state index contributed by atoms with van der Waals surface area (Å²) in [6.45, 7) is 14.8. The Labute approximate surface area is 302 Å². The monoisotopic (exact) mass is 702 g/mol. The third kappa shape index (κ3) is 4.94. The Morgan fingerprint density at radius 1 is 1.13 bits per heavy atom. The van der Waals surface area contributed by atoms with Crippen LogP contribution in [0.5, 0.6) is 11.9 Å². The van der Waals surface area contributed by atoms with Crippen LogP contribution < -0.4 is 14.4 Å². The number of anilines is 1. The fraction of sp³-hybridized carbons (Fsp3) is 0.463. The topological polar surface area (TPSA) is 93.2 Å². The van der Waals surface area contributed by atoms with Crippen LogP contribution in [-0.4, -0.2) is 92.5 Å². The van der Waals surface area contributed by atoms with E-state index in [1.807, 2.05) is 69.0 Å². The lowest BCUT2D eigenvalue weighted by molar-refractivity contribution is 0.000939. The summed E-state index contributed by atoms with van der Waals surface area (Å²) in [5.41, 5.74) is 1.55. The maximum atomic E-state index is 17.4. The van der Waals surface area contributed by atoms with Gasteiger partial charge in [0, 0.05) is 29.6 Å². The van der Waals surface area contributed by atoms with E-state index in [9.17, 15) is 4.79 Å². The second kappa shape index (κ2) is 11.8. The standard InChI is InChI=1S/C41H43FN6O4/c1-7-25-11-8-12-26-13-9-14-28(30(25)26)33-32(42)34-31-36(45-38(44-34)50-22-41-18-10-19-46(41)20-17-23(41)2)47-21-27-15-16-29(35(47)24(3)51-37(31)43-33)48(27)39(49)52-40(4,5)6/h1,8-9,11-14,24,27,29,35H,2,10,15-22H2,3-6H3/t24-,27+,29-,35+,41+/m0/s1. The number of rotatable bonds is 4. The zero-order valence-electron chi connectivity index (χ0n) is 30.1. The maximum Gasteiger partial charge on any atom is 0.410 e.